The second-order valence-corrected chi connectivity index (χ2v) is 4.81. The summed E-state index contributed by atoms with van der Waals surface area (Å²) in [5.41, 5.74) is 0.773. The number of amides is 1. The molecule has 0 radical (unpaired) electrons. The zero-order chi connectivity index (χ0) is 10.8. The minimum absolute atomic E-state index is 0.0423. The van der Waals surface area contributed by atoms with Crippen LogP contribution in [-0.4, -0.2) is 23.3 Å². The van der Waals surface area contributed by atoms with E-state index < -0.39 is 0 Å². The zero-order valence-corrected chi connectivity index (χ0v) is 9.43. The van der Waals surface area contributed by atoms with Crippen LogP contribution < -0.4 is 10.1 Å². The molecule has 4 nitrogen and oxygen atoms in total. The number of fused-ring (bicyclic) bond motifs is 1. The number of methoxy groups -OCH3 is 1. The van der Waals surface area contributed by atoms with E-state index in [1.54, 1.807) is 24.9 Å². The second-order valence-electron chi connectivity index (χ2n) is 3.39. The fraction of sp³-hybridized carbons (Fsp3) is 0.400. The van der Waals surface area contributed by atoms with Crippen LogP contribution in [0, 0.1) is 0 Å². The number of nitrogens with zero attached hydrogens (tertiary/aromatic N) is 1. The maximum absolute atomic E-state index is 11.4. The Morgan fingerprint density at radius 1 is 1.60 bits per heavy atom. The van der Waals surface area contributed by atoms with Crippen molar-refractivity contribution in [3.8, 4) is 5.88 Å². The molecule has 1 aliphatic rings. The summed E-state index contributed by atoms with van der Waals surface area (Å²) in [4.78, 5) is 15.7. The molecule has 0 bridgehead atoms. The molecule has 0 aromatic carbocycles. The predicted octanol–water partition coefficient (Wildman–Crippen LogP) is 1.91. The van der Waals surface area contributed by atoms with E-state index in [-0.39, 0.29) is 11.2 Å². The molecule has 15 heavy (non-hydrogen) atoms. The lowest BCUT2D eigenvalue weighted by atomic mass is 10.3. The zero-order valence-electron chi connectivity index (χ0n) is 8.61. The molecule has 1 amide bonds. The number of carbonyl (C=O) groups is 1. The molecule has 1 unspecified atom stereocenters. The van der Waals surface area contributed by atoms with Crippen LogP contribution in [-0.2, 0) is 4.79 Å². The monoisotopic (exact) mass is 224 g/mol. The topological polar surface area (TPSA) is 51.2 Å². The van der Waals surface area contributed by atoms with Crippen molar-refractivity contribution in [2.45, 2.75) is 23.6 Å². The van der Waals surface area contributed by atoms with Gasteiger partial charge in [-0.25, -0.2) is 4.98 Å². The van der Waals surface area contributed by atoms with Gasteiger partial charge < -0.3 is 10.1 Å². The van der Waals surface area contributed by atoms with E-state index in [1.807, 2.05) is 13.0 Å². The lowest BCUT2D eigenvalue weighted by Gasteiger charge is -2.07. The van der Waals surface area contributed by atoms with Crippen LogP contribution in [0.25, 0.3) is 0 Å². The Labute approximate surface area is 92.4 Å². The van der Waals surface area contributed by atoms with E-state index in [2.05, 4.69) is 10.3 Å². The summed E-state index contributed by atoms with van der Waals surface area (Å²) in [6.07, 6.45) is 0.517. The highest BCUT2D eigenvalue weighted by Crippen LogP contribution is 2.34. The number of aromatic nitrogens is 1. The molecule has 1 atom stereocenters. The third kappa shape index (κ3) is 2.23. The average Bonchev–Trinajstić information content (AvgIpc) is 2.33. The van der Waals surface area contributed by atoms with Gasteiger partial charge in [0.05, 0.1) is 12.8 Å². The minimum Gasteiger partial charge on any atom is -0.481 e. The molecular weight excluding hydrogens is 212 g/mol. The molecule has 0 fully saturated rings. The number of thioether (sulfide) groups is 1. The maximum atomic E-state index is 11.4. The number of carbonyl (C=O) groups excluding carboxylic acids is 1. The molecule has 80 valence electrons. The van der Waals surface area contributed by atoms with Crippen molar-refractivity contribution >= 4 is 23.4 Å². The first-order valence-corrected chi connectivity index (χ1v) is 5.58. The van der Waals surface area contributed by atoms with Gasteiger partial charge in [-0.2, -0.15) is 0 Å². The lowest BCUT2D eigenvalue weighted by Crippen LogP contribution is -2.13. The largest absolute Gasteiger partial charge is 0.481 e. The van der Waals surface area contributed by atoms with Crippen molar-refractivity contribution in [1.82, 2.24) is 4.98 Å². The molecule has 1 aromatic rings. The third-order valence-corrected chi connectivity index (χ3v) is 3.21. The van der Waals surface area contributed by atoms with Gasteiger partial charge in [-0.15, -0.1) is 11.8 Å². The van der Waals surface area contributed by atoms with Gasteiger partial charge in [0.15, 0.2) is 0 Å². The number of hydrogen-bond donors (Lipinski definition) is 1. The van der Waals surface area contributed by atoms with Gasteiger partial charge in [-0.3, -0.25) is 4.79 Å². The Balaban J connectivity index is 2.37. The van der Waals surface area contributed by atoms with Gasteiger partial charge in [0.25, 0.3) is 0 Å². The van der Waals surface area contributed by atoms with Crippen molar-refractivity contribution in [2.75, 3.05) is 12.4 Å². The van der Waals surface area contributed by atoms with Gasteiger partial charge in [0, 0.05) is 17.7 Å². The Hall–Kier alpha value is -1.23. The number of pyridine rings is 1. The number of anilines is 1. The van der Waals surface area contributed by atoms with E-state index in [1.165, 1.54) is 0 Å². The van der Waals surface area contributed by atoms with Crippen molar-refractivity contribution in [3.63, 3.8) is 0 Å². The summed E-state index contributed by atoms with van der Waals surface area (Å²) in [5.74, 6) is 0.616. The van der Waals surface area contributed by atoms with Gasteiger partial charge >= 0.3 is 0 Å². The first-order valence-electron chi connectivity index (χ1n) is 4.70. The first kappa shape index (κ1) is 10.3. The molecular formula is C10H12N2O2S. The first-order chi connectivity index (χ1) is 7.19. The maximum Gasteiger partial charge on any atom is 0.225 e. The second kappa shape index (κ2) is 4.10. The van der Waals surface area contributed by atoms with Crippen molar-refractivity contribution < 1.29 is 9.53 Å². The lowest BCUT2D eigenvalue weighted by molar-refractivity contribution is -0.116. The molecule has 1 aliphatic heterocycles. The molecule has 5 heteroatoms. The molecule has 1 aromatic heterocycles. The summed E-state index contributed by atoms with van der Waals surface area (Å²) in [5, 5.41) is 3.89. The predicted molar refractivity (Wildman–Crippen MR) is 59.4 cm³/mol. The average molecular weight is 224 g/mol. The van der Waals surface area contributed by atoms with Crippen LogP contribution in [0.3, 0.4) is 0 Å². The molecule has 0 saturated carbocycles. The molecule has 1 N–H and O–H groups in total. The van der Waals surface area contributed by atoms with Gasteiger partial charge in [-0.1, -0.05) is 6.92 Å². The van der Waals surface area contributed by atoms with Crippen LogP contribution in [0.5, 0.6) is 5.88 Å². The number of hydrogen-bond acceptors (Lipinski definition) is 4. The van der Waals surface area contributed by atoms with E-state index in [0.29, 0.717) is 12.3 Å². The van der Waals surface area contributed by atoms with E-state index in [0.717, 1.165) is 10.7 Å². The Morgan fingerprint density at radius 3 is 3.13 bits per heavy atom. The van der Waals surface area contributed by atoms with Crippen LogP contribution in [0.1, 0.15) is 13.3 Å². The molecule has 2 heterocycles. The van der Waals surface area contributed by atoms with Crippen LogP contribution >= 0.6 is 11.8 Å². The Morgan fingerprint density at radius 2 is 2.40 bits per heavy atom. The normalized spacial score (nSPS) is 20.1. The third-order valence-electron chi connectivity index (χ3n) is 2.10. The summed E-state index contributed by atoms with van der Waals surface area (Å²) in [7, 11) is 1.58. The Kier molecular flexibility index (Phi) is 2.81. The standard InChI is InChI=1S/C10H12N2O2S/c1-6-5-8(13)11-7-3-4-9(14-2)12-10(7)15-6/h3-4,6H,5H2,1-2H3,(H,11,13). The number of rotatable bonds is 1. The fourth-order valence-corrected chi connectivity index (χ4v) is 2.42. The van der Waals surface area contributed by atoms with Gasteiger partial charge in [-0.05, 0) is 6.07 Å². The number of ether oxygens (including phenoxy) is 1. The highest BCUT2D eigenvalue weighted by molar-refractivity contribution is 8.00. The summed E-state index contributed by atoms with van der Waals surface area (Å²) >= 11 is 1.59. The highest BCUT2D eigenvalue weighted by atomic mass is 32.2. The Bertz CT molecular complexity index is 395. The van der Waals surface area contributed by atoms with Gasteiger partial charge in [0.2, 0.25) is 11.8 Å². The molecule has 0 saturated heterocycles. The molecule has 0 aliphatic carbocycles. The van der Waals surface area contributed by atoms with Crippen molar-refractivity contribution in [1.29, 1.82) is 0 Å². The van der Waals surface area contributed by atoms with Gasteiger partial charge in [0.1, 0.15) is 5.03 Å². The summed E-state index contributed by atoms with van der Waals surface area (Å²) in [6.45, 7) is 2.01. The van der Waals surface area contributed by atoms with Crippen molar-refractivity contribution in [2.24, 2.45) is 0 Å². The summed E-state index contributed by atoms with van der Waals surface area (Å²) in [6, 6.07) is 3.57. The van der Waals surface area contributed by atoms with E-state index in [4.69, 9.17) is 4.74 Å². The highest BCUT2D eigenvalue weighted by Gasteiger charge is 2.20. The van der Waals surface area contributed by atoms with Crippen LogP contribution in [0.4, 0.5) is 5.69 Å². The minimum atomic E-state index is 0.0423. The SMILES string of the molecule is COc1ccc2c(n1)SC(C)CC(=O)N2. The van der Waals surface area contributed by atoms with E-state index in [9.17, 15) is 4.79 Å². The number of nitrogens with one attached hydrogen (secondary N) is 1. The molecule has 0 spiro atoms. The van der Waals surface area contributed by atoms with E-state index >= 15 is 0 Å². The summed E-state index contributed by atoms with van der Waals surface area (Å²) < 4.78 is 5.05. The molecule has 2 rings (SSSR count). The van der Waals surface area contributed by atoms with Crippen molar-refractivity contribution in [3.05, 3.63) is 12.1 Å². The van der Waals surface area contributed by atoms with Crippen LogP contribution in [0.15, 0.2) is 17.2 Å². The fourth-order valence-electron chi connectivity index (χ4n) is 1.42. The van der Waals surface area contributed by atoms with Crippen LogP contribution in [0.2, 0.25) is 0 Å². The quantitative estimate of drug-likeness (QED) is 0.791. The smallest absolute Gasteiger partial charge is 0.225 e.